The number of benzene rings is 5. The Balaban J connectivity index is 1.42. The quantitative estimate of drug-likeness (QED) is 0.0952. The summed E-state index contributed by atoms with van der Waals surface area (Å²) >= 11 is 0. The molecule has 0 saturated carbocycles. The summed E-state index contributed by atoms with van der Waals surface area (Å²) in [5.41, 5.74) is 7.91. The molecule has 0 unspecified atom stereocenters. The Morgan fingerprint density at radius 2 is 1.50 bits per heavy atom. The van der Waals surface area contributed by atoms with E-state index in [1.54, 1.807) is 18.3 Å². The average molecular weight is 523 g/mol. The molecule has 0 aliphatic heterocycles. The van der Waals surface area contributed by atoms with E-state index in [1.807, 2.05) is 26.2 Å². The van der Waals surface area contributed by atoms with Crippen LogP contribution in [-0.4, -0.2) is 30.2 Å². The summed E-state index contributed by atoms with van der Waals surface area (Å²) in [6.07, 6.45) is 1.71. The molecule has 0 N–H and O–H groups in total. The minimum atomic E-state index is -0.407. The monoisotopic (exact) mass is 522 g/mol. The number of hydrogen-bond acceptors (Lipinski definition) is 5. The Hall–Kier alpha value is -5.36. The predicted molar refractivity (Wildman–Crippen MR) is 165 cm³/mol. The number of fused-ring (bicyclic) bond motifs is 3. The lowest BCUT2D eigenvalue weighted by Crippen LogP contribution is -2.07. The molecule has 0 radical (unpaired) electrons. The predicted octanol–water partition coefficient (Wildman–Crippen LogP) is 8.45. The number of nitro benzene ring substituents is 1. The second-order valence-corrected chi connectivity index (χ2v) is 9.83. The normalized spacial score (nSPS) is 11.3. The largest absolute Gasteiger partial charge is 0.378 e. The Kier molecular flexibility index (Phi) is 6.50. The third kappa shape index (κ3) is 4.90. The number of non-ortho nitro benzene ring substituents is 1. The highest BCUT2D eigenvalue weighted by atomic mass is 16.6. The fourth-order valence-corrected chi connectivity index (χ4v) is 4.87. The number of nitro groups is 1. The van der Waals surface area contributed by atoms with Crippen LogP contribution in [-0.2, 0) is 0 Å². The van der Waals surface area contributed by atoms with E-state index in [-0.39, 0.29) is 5.69 Å². The number of aliphatic imine (C=N–C) groups is 1. The Morgan fingerprint density at radius 3 is 2.20 bits per heavy atom. The molecule has 0 saturated heterocycles. The molecule has 0 bridgehead atoms. The van der Waals surface area contributed by atoms with Crippen LogP contribution in [0.3, 0.4) is 0 Å². The van der Waals surface area contributed by atoms with Crippen molar-refractivity contribution in [3.63, 3.8) is 0 Å². The molecular formula is C34H26N4O2. The molecule has 6 heteroatoms. The van der Waals surface area contributed by atoms with Crippen LogP contribution >= 0.6 is 0 Å². The summed E-state index contributed by atoms with van der Waals surface area (Å²) in [5.74, 6) is 0. The van der Waals surface area contributed by atoms with E-state index in [0.717, 1.165) is 55.6 Å². The first-order valence-electron chi connectivity index (χ1n) is 13.0. The van der Waals surface area contributed by atoms with Crippen LogP contribution < -0.4 is 4.90 Å². The van der Waals surface area contributed by atoms with E-state index in [9.17, 15) is 10.1 Å². The highest BCUT2D eigenvalue weighted by Crippen LogP contribution is 2.37. The second-order valence-electron chi connectivity index (χ2n) is 9.83. The Bertz CT molecular complexity index is 1880. The van der Waals surface area contributed by atoms with E-state index < -0.39 is 4.92 Å². The lowest BCUT2D eigenvalue weighted by atomic mass is 9.94. The standard InChI is InChI=1S/C34H26N4O2/c1-37(2)28-18-11-26(12-19-28)33-21-31(34-30-6-4-3-5-24(30)13-20-32(34)36-33)25-9-14-27(15-10-25)35-22-23-7-16-29(17-8-23)38(39)40/h3-22H,1-2H3. The number of nitrogens with zero attached hydrogens (tertiary/aromatic N) is 4. The van der Waals surface area contributed by atoms with Gasteiger partial charge < -0.3 is 4.90 Å². The fraction of sp³-hybridized carbons (Fsp3) is 0.0588. The first-order valence-corrected chi connectivity index (χ1v) is 13.0. The maximum absolute atomic E-state index is 10.9. The molecule has 5 aromatic carbocycles. The van der Waals surface area contributed by atoms with Crippen molar-refractivity contribution in [3.05, 3.63) is 131 Å². The van der Waals surface area contributed by atoms with Gasteiger partial charge in [-0.1, -0.05) is 54.6 Å². The SMILES string of the molecule is CN(C)c1ccc(-c2cc(-c3ccc(N=Cc4ccc([N+](=O)[O-])cc4)cc3)c3c(ccc4ccccc43)n2)cc1. The van der Waals surface area contributed by atoms with Gasteiger partial charge >= 0.3 is 0 Å². The highest BCUT2D eigenvalue weighted by molar-refractivity contribution is 6.13. The van der Waals surface area contributed by atoms with Crippen LogP contribution in [0.15, 0.2) is 120 Å². The van der Waals surface area contributed by atoms with Gasteiger partial charge in [-0.05, 0) is 76.0 Å². The molecule has 40 heavy (non-hydrogen) atoms. The van der Waals surface area contributed by atoms with Crippen LogP contribution in [0.2, 0.25) is 0 Å². The van der Waals surface area contributed by atoms with Crippen molar-refractivity contribution in [1.82, 2.24) is 4.98 Å². The molecule has 0 amide bonds. The van der Waals surface area contributed by atoms with Crippen molar-refractivity contribution >= 4 is 45.0 Å². The van der Waals surface area contributed by atoms with Crippen molar-refractivity contribution in [2.24, 2.45) is 4.99 Å². The van der Waals surface area contributed by atoms with Gasteiger partial charge in [-0.2, -0.15) is 0 Å². The second kappa shape index (κ2) is 10.4. The Morgan fingerprint density at radius 1 is 0.800 bits per heavy atom. The molecule has 6 rings (SSSR count). The zero-order chi connectivity index (χ0) is 27.6. The van der Waals surface area contributed by atoms with Crippen molar-refractivity contribution in [1.29, 1.82) is 0 Å². The maximum Gasteiger partial charge on any atom is 0.269 e. The average Bonchev–Trinajstić information content (AvgIpc) is 3.00. The van der Waals surface area contributed by atoms with Crippen molar-refractivity contribution in [2.45, 2.75) is 0 Å². The van der Waals surface area contributed by atoms with Gasteiger partial charge in [0.15, 0.2) is 0 Å². The van der Waals surface area contributed by atoms with Crippen LogP contribution in [0.5, 0.6) is 0 Å². The van der Waals surface area contributed by atoms with E-state index in [1.165, 1.54) is 17.5 Å². The van der Waals surface area contributed by atoms with Crippen molar-refractivity contribution in [3.8, 4) is 22.4 Å². The van der Waals surface area contributed by atoms with Crippen molar-refractivity contribution < 1.29 is 4.92 Å². The van der Waals surface area contributed by atoms with Gasteiger partial charge in [0.05, 0.1) is 21.8 Å². The summed E-state index contributed by atoms with van der Waals surface area (Å²) < 4.78 is 0. The fourth-order valence-electron chi connectivity index (χ4n) is 4.87. The number of rotatable bonds is 6. The van der Waals surface area contributed by atoms with Gasteiger partial charge in [0, 0.05) is 49.1 Å². The third-order valence-electron chi connectivity index (χ3n) is 7.02. The minimum absolute atomic E-state index is 0.0617. The summed E-state index contributed by atoms with van der Waals surface area (Å²) in [6.45, 7) is 0. The molecule has 0 fully saturated rings. The zero-order valence-electron chi connectivity index (χ0n) is 22.2. The van der Waals surface area contributed by atoms with Gasteiger partial charge in [0.1, 0.15) is 0 Å². The lowest BCUT2D eigenvalue weighted by molar-refractivity contribution is -0.384. The third-order valence-corrected chi connectivity index (χ3v) is 7.02. The molecule has 1 heterocycles. The first kappa shape index (κ1) is 24.9. The molecule has 1 aromatic heterocycles. The van der Waals surface area contributed by atoms with Gasteiger partial charge in [0.25, 0.3) is 5.69 Å². The smallest absolute Gasteiger partial charge is 0.269 e. The van der Waals surface area contributed by atoms with E-state index in [0.29, 0.717) is 0 Å². The molecule has 0 atom stereocenters. The molecule has 6 nitrogen and oxygen atoms in total. The molecule has 0 aliphatic rings. The topological polar surface area (TPSA) is 71.6 Å². The van der Waals surface area contributed by atoms with Crippen LogP contribution in [0.4, 0.5) is 17.1 Å². The van der Waals surface area contributed by atoms with Crippen LogP contribution in [0.25, 0.3) is 44.1 Å². The lowest BCUT2D eigenvalue weighted by Gasteiger charge is -2.15. The number of anilines is 1. The van der Waals surface area contributed by atoms with E-state index in [4.69, 9.17) is 4.98 Å². The van der Waals surface area contributed by atoms with Crippen LogP contribution in [0, 0.1) is 10.1 Å². The first-order chi connectivity index (χ1) is 19.5. The molecule has 194 valence electrons. The molecule has 6 aromatic rings. The summed E-state index contributed by atoms with van der Waals surface area (Å²) in [5, 5.41) is 14.4. The molecule has 0 spiro atoms. The zero-order valence-corrected chi connectivity index (χ0v) is 22.2. The number of hydrogen-bond donors (Lipinski definition) is 0. The van der Waals surface area contributed by atoms with Gasteiger partial charge in [-0.3, -0.25) is 15.1 Å². The summed E-state index contributed by atoms with van der Waals surface area (Å²) in [7, 11) is 4.07. The summed E-state index contributed by atoms with van der Waals surface area (Å²) in [4.78, 5) is 22.2. The molecular weight excluding hydrogens is 496 g/mol. The highest BCUT2D eigenvalue weighted by Gasteiger charge is 2.13. The van der Waals surface area contributed by atoms with Crippen molar-refractivity contribution in [2.75, 3.05) is 19.0 Å². The molecule has 0 aliphatic carbocycles. The van der Waals surface area contributed by atoms with Gasteiger partial charge in [-0.25, -0.2) is 4.98 Å². The van der Waals surface area contributed by atoms with Gasteiger partial charge in [0.2, 0.25) is 0 Å². The van der Waals surface area contributed by atoms with E-state index >= 15 is 0 Å². The summed E-state index contributed by atoms with van der Waals surface area (Å²) in [6, 6.07) is 37.7. The van der Waals surface area contributed by atoms with E-state index in [2.05, 4.69) is 88.8 Å². The minimum Gasteiger partial charge on any atom is -0.378 e. The van der Waals surface area contributed by atoms with Gasteiger partial charge in [-0.15, -0.1) is 0 Å². The number of pyridine rings is 1. The maximum atomic E-state index is 10.9. The Labute approximate surface area is 232 Å². The number of aromatic nitrogens is 1. The van der Waals surface area contributed by atoms with Crippen LogP contribution in [0.1, 0.15) is 5.56 Å².